The number of furan rings is 1. The average molecular weight is 288 g/mol. The van der Waals surface area contributed by atoms with E-state index in [1.165, 1.54) is 18.4 Å². The lowest BCUT2D eigenvalue weighted by atomic mass is 10.1. The lowest BCUT2D eigenvalue weighted by molar-refractivity contribution is 0.295. The van der Waals surface area contributed by atoms with Crippen molar-refractivity contribution in [2.75, 3.05) is 18.9 Å². The summed E-state index contributed by atoms with van der Waals surface area (Å²) in [4.78, 5) is 2.36. The molecule has 0 fully saturated rings. The highest BCUT2D eigenvalue weighted by Crippen LogP contribution is 2.13. The molecule has 0 saturated heterocycles. The van der Waals surface area contributed by atoms with Crippen LogP contribution >= 0.6 is 15.9 Å². The van der Waals surface area contributed by atoms with Gasteiger partial charge in [0.1, 0.15) is 5.76 Å². The Morgan fingerprint density at radius 1 is 1.44 bits per heavy atom. The molecule has 0 amide bonds. The smallest absolute Gasteiger partial charge is 0.105 e. The zero-order valence-electron chi connectivity index (χ0n) is 10.5. The summed E-state index contributed by atoms with van der Waals surface area (Å²) >= 11 is 3.49. The second-order valence-corrected chi connectivity index (χ2v) is 5.40. The molecule has 1 unspecified atom stereocenters. The summed E-state index contributed by atoms with van der Waals surface area (Å²) in [5, 5.41) is 1.11. The van der Waals surface area contributed by atoms with Gasteiger partial charge in [-0.25, -0.2) is 0 Å². The van der Waals surface area contributed by atoms with Gasteiger partial charge in [-0.1, -0.05) is 22.9 Å². The van der Waals surface area contributed by atoms with Crippen molar-refractivity contribution in [3.05, 3.63) is 23.7 Å². The molecule has 1 rings (SSSR count). The van der Waals surface area contributed by atoms with Crippen molar-refractivity contribution in [2.45, 2.75) is 33.2 Å². The Morgan fingerprint density at radius 3 is 2.75 bits per heavy atom. The Balaban J connectivity index is 2.26. The van der Waals surface area contributed by atoms with Gasteiger partial charge < -0.3 is 9.32 Å². The third-order valence-corrected chi connectivity index (χ3v) is 3.47. The van der Waals surface area contributed by atoms with Crippen LogP contribution in [0, 0.1) is 12.8 Å². The lowest BCUT2D eigenvalue weighted by Gasteiger charge is -2.18. The fourth-order valence-electron chi connectivity index (χ4n) is 1.72. The molecule has 0 aliphatic rings. The maximum Gasteiger partial charge on any atom is 0.105 e. The average Bonchev–Trinajstić information content (AvgIpc) is 2.62. The molecule has 0 aromatic carbocycles. The van der Waals surface area contributed by atoms with Gasteiger partial charge in [-0.15, -0.1) is 0 Å². The van der Waals surface area contributed by atoms with Gasteiger partial charge in [0, 0.05) is 17.4 Å². The summed E-state index contributed by atoms with van der Waals surface area (Å²) in [5.74, 6) is 1.84. The van der Waals surface area contributed by atoms with Crippen LogP contribution in [0.4, 0.5) is 0 Å². The molecule has 16 heavy (non-hydrogen) atoms. The molecule has 0 bridgehead atoms. The van der Waals surface area contributed by atoms with E-state index in [1.54, 1.807) is 6.26 Å². The van der Waals surface area contributed by atoms with Crippen molar-refractivity contribution in [1.82, 2.24) is 4.90 Å². The van der Waals surface area contributed by atoms with Crippen LogP contribution in [-0.2, 0) is 6.54 Å². The molecule has 1 aromatic rings. The molecule has 92 valence electrons. The van der Waals surface area contributed by atoms with Crippen LogP contribution < -0.4 is 0 Å². The van der Waals surface area contributed by atoms with Crippen molar-refractivity contribution in [1.29, 1.82) is 0 Å². The van der Waals surface area contributed by atoms with Crippen LogP contribution in [0.15, 0.2) is 16.7 Å². The molecule has 0 radical (unpaired) electrons. The van der Waals surface area contributed by atoms with Gasteiger partial charge in [0.25, 0.3) is 0 Å². The minimum atomic E-state index is 0.798. The molecule has 1 heterocycles. The molecule has 1 atom stereocenters. The van der Waals surface area contributed by atoms with Crippen LogP contribution in [0.25, 0.3) is 0 Å². The third kappa shape index (κ3) is 4.71. The second kappa shape index (κ2) is 7.13. The topological polar surface area (TPSA) is 16.4 Å². The van der Waals surface area contributed by atoms with Gasteiger partial charge in [0.15, 0.2) is 0 Å². The van der Waals surface area contributed by atoms with E-state index in [9.17, 15) is 0 Å². The largest absolute Gasteiger partial charge is 0.469 e. The standard InChI is InChI=1S/C13H22BrNO/c1-11(4-7-14)5-8-15(3)10-13-6-9-16-12(13)2/h6,9,11H,4-5,7-8,10H2,1-3H3. The number of nitrogens with zero attached hydrogens (tertiary/aromatic N) is 1. The van der Waals surface area contributed by atoms with E-state index < -0.39 is 0 Å². The molecular weight excluding hydrogens is 266 g/mol. The van der Waals surface area contributed by atoms with Crippen LogP contribution in [0.5, 0.6) is 0 Å². The minimum absolute atomic E-state index is 0.798. The van der Waals surface area contributed by atoms with Crippen LogP contribution in [0.1, 0.15) is 31.1 Å². The van der Waals surface area contributed by atoms with Crippen LogP contribution in [-0.4, -0.2) is 23.8 Å². The Hall–Kier alpha value is -0.280. The van der Waals surface area contributed by atoms with E-state index in [-0.39, 0.29) is 0 Å². The van der Waals surface area contributed by atoms with Crippen molar-refractivity contribution >= 4 is 15.9 Å². The predicted molar refractivity (Wildman–Crippen MR) is 72.0 cm³/mol. The number of aryl methyl sites for hydroxylation is 1. The molecule has 0 aliphatic carbocycles. The SMILES string of the molecule is Cc1occc1CN(C)CCC(C)CCBr. The Labute approximate surface area is 107 Å². The maximum atomic E-state index is 5.30. The summed E-state index contributed by atoms with van der Waals surface area (Å²) in [6, 6.07) is 2.06. The minimum Gasteiger partial charge on any atom is -0.469 e. The van der Waals surface area contributed by atoms with Crippen LogP contribution in [0.3, 0.4) is 0 Å². The zero-order chi connectivity index (χ0) is 12.0. The second-order valence-electron chi connectivity index (χ2n) is 4.61. The Kier molecular flexibility index (Phi) is 6.14. The van der Waals surface area contributed by atoms with Crippen molar-refractivity contribution in [3.8, 4) is 0 Å². The molecule has 0 N–H and O–H groups in total. The molecule has 0 saturated carbocycles. The number of hydrogen-bond acceptors (Lipinski definition) is 2. The van der Waals surface area contributed by atoms with Gasteiger partial charge >= 0.3 is 0 Å². The zero-order valence-corrected chi connectivity index (χ0v) is 12.1. The summed E-state index contributed by atoms with van der Waals surface area (Å²) in [6.45, 7) is 6.48. The monoisotopic (exact) mass is 287 g/mol. The molecule has 0 aliphatic heterocycles. The predicted octanol–water partition coefficient (Wildman–Crippen LogP) is 3.83. The van der Waals surface area contributed by atoms with Gasteiger partial charge in [-0.3, -0.25) is 0 Å². The lowest BCUT2D eigenvalue weighted by Crippen LogP contribution is -2.21. The highest BCUT2D eigenvalue weighted by atomic mass is 79.9. The summed E-state index contributed by atoms with van der Waals surface area (Å²) in [5.41, 5.74) is 1.30. The highest BCUT2D eigenvalue weighted by molar-refractivity contribution is 9.09. The quantitative estimate of drug-likeness (QED) is 0.709. The first-order valence-electron chi connectivity index (χ1n) is 5.91. The number of halogens is 1. The maximum absolute atomic E-state index is 5.30. The van der Waals surface area contributed by atoms with Gasteiger partial charge in [-0.2, -0.15) is 0 Å². The van der Waals surface area contributed by atoms with Gasteiger partial charge in [-0.05, 0) is 45.3 Å². The fourth-order valence-corrected chi connectivity index (χ4v) is 2.50. The Bertz CT molecular complexity index is 298. The van der Waals surface area contributed by atoms with Crippen molar-refractivity contribution in [3.63, 3.8) is 0 Å². The fraction of sp³-hybridized carbons (Fsp3) is 0.692. The number of alkyl halides is 1. The number of rotatable bonds is 7. The van der Waals surface area contributed by atoms with E-state index in [0.29, 0.717) is 0 Å². The van der Waals surface area contributed by atoms with E-state index in [0.717, 1.165) is 30.1 Å². The van der Waals surface area contributed by atoms with Crippen molar-refractivity contribution in [2.24, 2.45) is 5.92 Å². The first kappa shape index (κ1) is 13.8. The van der Waals surface area contributed by atoms with Gasteiger partial charge in [0.05, 0.1) is 6.26 Å². The third-order valence-electron chi connectivity index (χ3n) is 3.01. The molecule has 0 spiro atoms. The van der Waals surface area contributed by atoms with Crippen molar-refractivity contribution < 1.29 is 4.42 Å². The van der Waals surface area contributed by atoms with E-state index in [4.69, 9.17) is 4.42 Å². The summed E-state index contributed by atoms with van der Waals surface area (Å²) in [7, 11) is 2.17. The summed E-state index contributed by atoms with van der Waals surface area (Å²) < 4.78 is 5.30. The highest BCUT2D eigenvalue weighted by Gasteiger charge is 2.07. The number of hydrogen-bond donors (Lipinski definition) is 0. The van der Waals surface area contributed by atoms with E-state index in [2.05, 4.69) is 40.9 Å². The van der Waals surface area contributed by atoms with E-state index >= 15 is 0 Å². The molecular formula is C13H22BrNO. The normalized spacial score (nSPS) is 13.3. The van der Waals surface area contributed by atoms with Gasteiger partial charge in [0.2, 0.25) is 0 Å². The molecule has 2 nitrogen and oxygen atoms in total. The first-order chi connectivity index (χ1) is 7.63. The first-order valence-corrected chi connectivity index (χ1v) is 7.03. The molecule has 1 aromatic heterocycles. The Morgan fingerprint density at radius 2 is 2.19 bits per heavy atom. The van der Waals surface area contributed by atoms with E-state index in [1.807, 2.05) is 6.92 Å². The summed E-state index contributed by atoms with van der Waals surface area (Å²) in [6.07, 6.45) is 4.30. The molecule has 3 heteroatoms. The van der Waals surface area contributed by atoms with Crippen LogP contribution in [0.2, 0.25) is 0 Å².